The van der Waals surface area contributed by atoms with Gasteiger partial charge in [-0.2, -0.15) is 0 Å². The second-order valence-corrected chi connectivity index (χ2v) is 2.07. The number of aliphatic hydroxyl groups is 1. The highest BCUT2D eigenvalue weighted by atomic mass is 17.2. The molecule has 0 saturated carbocycles. The molecule has 0 aromatic heterocycles. The lowest BCUT2D eigenvalue weighted by Gasteiger charge is -2.00. The molecule has 0 aromatic carbocycles. The van der Waals surface area contributed by atoms with Crippen molar-refractivity contribution < 1.29 is 14.9 Å². The average Bonchev–Trinajstić information content (AvgIpc) is 1.97. The van der Waals surface area contributed by atoms with Gasteiger partial charge >= 0.3 is 0 Å². The molecule has 0 bridgehead atoms. The Bertz CT molecular complexity index is 48.8. The van der Waals surface area contributed by atoms with E-state index in [0.717, 1.165) is 6.42 Å². The molecule has 0 rings (SSSR count). The first kappa shape index (κ1) is 9.88. The Morgan fingerprint density at radius 2 is 1.80 bits per heavy atom. The maximum atomic E-state index is 8.26. The summed E-state index contributed by atoms with van der Waals surface area (Å²) in [6.07, 6.45) is 3.38. The molecule has 0 aromatic rings. The minimum absolute atomic E-state index is 0.0216. The standard InChI is InChI=1S/C7H16O3/c1-2-3-4-6-9-10-7-5-8/h8H,2-7H2,1H3. The summed E-state index contributed by atoms with van der Waals surface area (Å²) in [5.74, 6) is 0. The predicted molar refractivity (Wildman–Crippen MR) is 38.5 cm³/mol. The molecule has 1 N–H and O–H groups in total. The van der Waals surface area contributed by atoms with Gasteiger partial charge in [-0.25, -0.2) is 9.78 Å². The molecule has 0 unspecified atom stereocenters. The van der Waals surface area contributed by atoms with E-state index < -0.39 is 0 Å². The van der Waals surface area contributed by atoms with Gasteiger partial charge in [0.1, 0.15) is 6.61 Å². The van der Waals surface area contributed by atoms with E-state index in [1.165, 1.54) is 12.8 Å². The Labute approximate surface area is 61.9 Å². The maximum absolute atomic E-state index is 8.26. The lowest BCUT2D eigenvalue weighted by molar-refractivity contribution is -0.298. The Balaban J connectivity index is 2.65. The summed E-state index contributed by atoms with van der Waals surface area (Å²) in [5, 5.41) is 8.26. The van der Waals surface area contributed by atoms with Gasteiger partial charge in [0, 0.05) is 0 Å². The lowest BCUT2D eigenvalue weighted by Crippen LogP contribution is -2.01. The van der Waals surface area contributed by atoms with Crippen LogP contribution in [0.1, 0.15) is 26.2 Å². The van der Waals surface area contributed by atoms with Crippen LogP contribution in [0, 0.1) is 0 Å². The third-order valence-electron chi connectivity index (χ3n) is 1.09. The van der Waals surface area contributed by atoms with E-state index in [0.29, 0.717) is 6.61 Å². The summed E-state index contributed by atoms with van der Waals surface area (Å²) < 4.78 is 0. The Kier molecular flexibility index (Phi) is 8.77. The zero-order valence-corrected chi connectivity index (χ0v) is 6.51. The molecule has 10 heavy (non-hydrogen) atoms. The third kappa shape index (κ3) is 7.88. The van der Waals surface area contributed by atoms with Crippen LogP contribution in [0.5, 0.6) is 0 Å². The third-order valence-corrected chi connectivity index (χ3v) is 1.09. The monoisotopic (exact) mass is 148 g/mol. The van der Waals surface area contributed by atoms with E-state index >= 15 is 0 Å². The van der Waals surface area contributed by atoms with Crippen LogP contribution in [-0.2, 0) is 9.78 Å². The summed E-state index contributed by atoms with van der Waals surface area (Å²) >= 11 is 0. The molecule has 0 saturated heterocycles. The number of aliphatic hydroxyl groups excluding tert-OH is 1. The van der Waals surface area contributed by atoms with Crippen LogP contribution in [-0.4, -0.2) is 24.9 Å². The fraction of sp³-hybridized carbons (Fsp3) is 1.00. The van der Waals surface area contributed by atoms with Crippen LogP contribution in [0.3, 0.4) is 0 Å². The van der Waals surface area contributed by atoms with Crippen molar-refractivity contribution in [1.82, 2.24) is 0 Å². The van der Waals surface area contributed by atoms with Crippen molar-refractivity contribution in [3.8, 4) is 0 Å². The molecule has 0 aliphatic heterocycles. The number of rotatable bonds is 7. The largest absolute Gasteiger partial charge is 0.394 e. The molecule has 0 radical (unpaired) electrons. The summed E-state index contributed by atoms with van der Waals surface area (Å²) in [6, 6.07) is 0. The summed E-state index contributed by atoms with van der Waals surface area (Å²) in [4.78, 5) is 9.30. The molecular formula is C7H16O3. The number of hydrogen-bond acceptors (Lipinski definition) is 3. The first-order valence-electron chi connectivity index (χ1n) is 3.77. The van der Waals surface area contributed by atoms with E-state index in [1.54, 1.807) is 0 Å². The van der Waals surface area contributed by atoms with Crippen LogP contribution >= 0.6 is 0 Å². The van der Waals surface area contributed by atoms with Crippen molar-refractivity contribution in [2.75, 3.05) is 19.8 Å². The Morgan fingerprint density at radius 3 is 2.40 bits per heavy atom. The second-order valence-electron chi connectivity index (χ2n) is 2.07. The second kappa shape index (κ2) is 8.88. The van der Waals surface area contributed by atoms with Gasteiger partial charge in [-0.15, -0.1) is 0 Å². The summed E-state index contributed by atoms with van der Waals surface area (Å²) in [6.45, 7) is 3.06. The zero-order chi connectivity index (χ0) is 7.66. The Hall–Kier alpha value is -0.120. The van der Waals surface area contributed by atoms with Crippen molar-refractivity contribution >= 4 is 0 Å². The zero-order valence-electron chi connectivity index (χ0n) is 6.51. The van der Waals surface area contributed by atoms with E-state index in [2.05, 4.69) is 11.8 Å². The van der Waals surface area contributed by atoms with E-state index in [9.17, 15) is 0 Å². The van der Waals surface area contributed by atoms with Crippen LogP contribution in [0.15, 0.2) is 0 Å². The van der Waals surface area contributed by atoms with Crippen LogP contribution in [0.2, 0.25) is 0 Å². The van der Waals surface area contributed by atoms with Crippen LogP contribution in [0.4, 0.5) is 0 Å². The molecule has 0 heterocycles. The number of unbranched alkanes of at least 4 members (excludes halogenated alkanes) is 2. The predicted octanol–water partition coefficient (Wildman–Crippen LogP) is 1.12. The molecule has 0 fully saturated rings. The first-order valence-corrected chi connectivity index (χ1v) is 3.77. The van der Waals surface area contributed by atoms with Gasteiger partial charge in [0.25, 0.3) is 0 Å². The normalized spacial score (nSPS) is 10.2. The quantitative estimate of drug-likeness (QED) is 0.334. The molecule has 0 aliphatic rings. The highest BCUT2D eigenvalue weighted by molar-refractivity contribution is 4.32. The molecule has 0 amide bonds. The molecule has 0 spiro atoms. The molecular weight excluding hydrogens is 132 g/mol. The van der Waals surface area contributed by atoms with Gasteiger partial charge in [-0.05, 0) is 6.42 Å². The van der Waals surface area contributed by atoms with Gasteiger partial charge in [-0.3, -0.25) is 0 Å². The first-order chi connectivity index (χ1) is 4.91. The Morgan fingerprint density at radius 1 is 1.10 bits per heavy atom. The smallest absolute Gasteiger partial charge is 0.105 e. The molecule has 0 atom stereocenters. The van der Waals surface area contributed by atoms with E-state index in [-0.39, 0.29) is 13.2 Å². The molecule has 0 aliphatic carbocycles. The van der Waals surface area contributed by atoms with Crippen LogP contribution in [0.25, 0.3) is 0 Å². The molecule has 3 heteroatoms. The average molecular weight is 148 g/mol. The fourth-order valence-corrected chi connectivity index (χ4v) is 0.566. The van der Waals surface area contributed by atoms with Gasteiger partial charge in [0.05, 0.1) is 13.2 Å². The highest BCUT2D eigenvalue weighted by Crippen LogP contribution is 1.93. The van der Waals surface area contributed by atoms with Crippen molar-refractivity contribution in [1.29, 1.82) is 0 Å². The van der Waals surface area contributed by atoms with Gasteiger partial charge in [0.2, 0.25) is 0 Å². The summed E-state index contributed by atoms with van der Waals surface area (Å²) in [7, 11) is 0. The van der Waals surface area contributed by atoms with E-state index in [4.69, 9.17) is 9.99 Å². The lowest BCUT2D eigenvalue weighted by atomic mass is 10.3. The SMILES string of the molecule is CCCCCOOCCO. The van der Waals surface area contributed by atoms with Gasteiger partial charge in [0.15, 0.2) is 0 Å². The van der Waals surface area contributed by atoms with E-state index in [1.807, 2.05) is 0 Å². The van der Waals surface area contributed by atoms with Crippen molar-refractivity contribution in [2.45, 2.75) is 26.2 Å². The van der Waals surface area contributed by atoms with Crippen molar-refractivity contribution in [2.24, 2.45) is 0 Å². The minimum atomic E-state index is 0.0216. The maximum Gasteiger partial charge on any atom is 0.105 e. The van der Waals surface area contributed by atoms with Crippen molar-refractivity contribution in [3.05, 3.63) is 0 Å². The highest BCUT2D eigenvalue weighted by Gasteiger charge is 1.87. The topological polar surface area (TPSA) is 38.7 Å². The van der Waals surface area contributed by atoms with Gasteiger partial charge < -0.3 is 5.11 Å². The summed E-state index contributed by atoms with van der Waals surface area (Å²) in [5.41, 5.74) is 0. The molecule has 3 nitrogen and oxygen atoms in total. The fourth-order valence-electron chi connectivity index (χ4n) is 0.566. The van der Waals surface area contributed by atoms with Crippen LogP contribution < -0.4 is 0 Å². The van der Waals surface area contributed by atoms with Crippen molar-refractivity contribution in [3.63, 3.8) is 0 Å². The number of hydrogen-bond donors (Lipinski definition) is 1. The van der Waals surface area contributed by atoms with Gasteiger partial charge in [-0.1, -0.05) is 19.8 Å². The molecule has 62 valence electrons. The minimum Gasteiger partial charge on any atom is -0.394 e.